The number of terminal acetylenes is 1. The van der Waals surface area contributed by atoms with Crippen LogP contribution >= 0.6 is 0 Å². The fraction of sp³-hybridized carbons (Fsp3) is 0.267. The predicted molar refractivity (Wildman–Crippen MR) is 68.9 cm³/mol. The third-order valence-electron chi connectivity index (χ3n) is 3.41. The van der Waals surface area contributed by atoms with Gasteiger partial charge in [-0.2, -0.15) is 18.3 Å². The van der Waals surface area contributed by atoms with Crippen LogP contribution in [0.25, 0.3) is 11.3 Å². The van der Waals surface area contributed by atoms with Gasteiger partial charge in [0, 0.05) is 5.56 Å². The predicted octanol–water partition coefficient (Wildman–Crippen LogP) is 3.95. The summed E-state index contributed by atoms with van der Waals surface area (Å²) >= 11 is 0. The van der Waals surface area contributed by atoms with Crippen molar-refractivity contribution in [3.8, 4) is 23.6 Å². The number of benzene rings is 1. The fourth-order valence-electron chi connectivity index (χ4n) is 2.24. The second-order valence-electron chi connectivity index (χ2n) is 4.89. The summed E-state index contributed by atoms with van der Waals surface area (Å²) in [6, 6.07) is 5.48. The number of rotatable bonds is 2. The molecule has 1 aliphatic carbocycles. The molecule has 1 saturated carbocycles. The summed E-state index contributed by atoms with van der Waals surface area (Å²) in [5, 5.41) is 6.75. The number of hydrogen-bond donors (Lipinski definition) is 1. The Bertz CT molecular complexity index is 688. The minimum atomic E-state index is -4.32. The number of halogens is 3. The second kappa shape index (κ2) is 4.41. The number of nitrogens with zero attached hydrogens (tertiary/aromatic N) is 1. The average Bonchev–Trinajstić information content (AvgIpc) is 3.15. The molecule has 0 spiro atoms. The van der Waals surface area contributed by atoms with E-state index < -0.39 is 11.7 Å². The third-order valence-corrected chi connectivity index (χ3v) is 3.41. The number of nitrogens with one attached hydrogen (secondary N) is 1. The first-order chi connectivity index (χ1) is 9.49. The number of aromatic nitrogens is 2. The zero-order chi connectivity index (χ0) is 14.3. The summed E-state index contributed by atoms with van der Waals surface area (Å²) in [5.41, 5.74) is 1.92. The number of aromatic amines is 1. The maximum Gasteiger partial charge on any atom is 0.416 e. The van der Waals surface area contributed by atoms with Crippen LogP contribution < -0.4 is 0 Å². The van der Waals surface area contributed by atoms with E-state index in [0.29, 0.717) is 17.0 Å². The molecule has 20 heavy (non-hydrogen) atoms. The van der Waals surface area contributed by atoms with Crippen molar-refractivity contribution in [1.82, 2.24) is 10.2 Å². The highest BCUT2D eigenvalue weighted by atomic mass is 19.4. The molecule has 102 valence electrons. The fourth-order valence-corrected chi connectivity index (χ4v) is 2.24. The topological polar surface area (TPSA) is 28.7 Å². The Morgan fingerprint density at radius 3 is 2.55 bits per heavy atom. The van der Waals surface area contributed by atoms with Gasteiger partial charge in [0.05, 0.1) is 11.3 Å². The Hall–Kier alpha value is -2.22. The molecule has 5 heteroatoms. The van der Waals surface area contributed by atoms with E-state index in [1.54, 1.807) is 6.07 Å². The second-order valence-corrected chi connectivity index (χ2v) is 4.89. The van der Waals surface area contributed by atoms with Crippen LogP contribution in [-0.4, -0.2) is 10.2 Å². The molecule has 0 saturated heterocycles. The van der Waals surface area contributed by atoms with Gasteiger partial charge in [-0.25, -0.2) is 0 Å². The first-order valence-corrected chi connectivity index (χ1v) is 6.22. The van der Waals surface area contributed by atoms with E-state index in [-0.39, 0.29) is 5.92 Å². The molecule has 1 aromatic carbocycles. The Balaban J connectivity index is 2.09. The lowest BCUT2D eigenvalue weighted by atomic mass is 9.97. The molecule has 0 radical (unpaired) electrons. The third kappa shape index (κ3) is 2.29. The summed E-state index contributed by atoms with van der Waals surface area (Å²) < 4.78 is 38.4. The zero-order valence-corrected chi connectivity index (χ0v) is 10.5. The highest BCUT2D eigenvalue weighted by molar-refractivity contribution is 5.67. The van der Waals surface area contributed by atoms with Gasteiger partial charge in [-0.15, -0.1) is 6.42 Å². The van der Waals surface area contributed by atoms with E-state index >= 15 is 0 Å². The van der Waals surface area contributed by atoms with Crippen LogP contribution in [0.15, 0.2) is 24.3 Å². The molecule has 0 aliphatic heterocycles. The van der Waals surface area contributed by atoms with E-state index in [4.69, 9.17) is 6.42 Å². The minimum absolute atomic E-state index is 0.193. The van der Waals surface area contributed by atoms with Crippen LogP contribution in [0.5, 0.6) is 0 Å². The summed E-state index contributed by atoms with van der Waals surface area (Å²) in [6.45, 7) is 0. The lowest BCUT2D eigenvalue weighted by Crippen LogP contribution is -2.06. The molecular formula is C15H11F3N2. The van der Waals surface area contributed by atoms with Crippen LogP contribution in [-0.2, 0) is 6.18 Å². The first-order valence-electron chi connectivity index (χ1n) is 6.22. The van der Waals surface area contributed by atoms with E-state index in [0.717, 1.165) is 24.5 Å². The average molecular weight is 276 g/mol. The molecule has 0 bridgehead atoms. The molecule has 0 amide bonds. The van der Waals surface area contributed by atoms with Crippen molar-refractivity contribution < 1.29 is 13.2 Å². The number of H-pyrrole nitrogens is 1. The van der Waals surface area contributed by atoms with E-state index in [1.165, 1.54) is 12.1 Å². The first kappa shape index (κ1) is 12.8. The maximum absolute atomic E-state index is 12.8. The van der Waals surface area contributed by atoms with Crippen LogP contribution in [0.1, 0.15) is 35.6 Å². The molecule has 1 aliphatic rings. The van der Waals surface area contributed by atoms with Gasteiger partial charge in [-0.3, -0.25) is 5.10 Å². The molecule has 1 fully saturated rings. The van der Waals surface area contributed by atoms with Gasteiger partial charge < -0.3 is 0 Å². The van der Waals surface area contributed by atoms with Gasteiger partial charge in [0.1, 0.15) is 5.69 Å². The van der Waals surface area contributed by atoms with Crippen molar-refractivity contribution in [1.29, 1.82) is 0 Å². The molecule has 2 aromatic rings. The molecule has 1 heterocycles. The summed E-state index contributed by atoms with van der Waals surface area (Å²) in [4.78, 5) is 0. The van der Waals surface area contributed by atoms with Gasteiger partial charge in [0.2, 0.25) is 0 Å². The van der Waals surface area contributed by atoms with Crippen LogP contribution in [0, 0.1) is 12.3 Å². The maximum atomic E-state index is 12.8. The molecule has 0 unspecified atom stereocenters. The smallest absolute Gasteiger partial charge is 0.269 e. The monoisotopic (exact) mass is 276 g/mol. The number of alkyl halides is 3. The molecule has 1 aromatic heterocycles. The minimum Gasteiger partial charge on any atom is -0.269 e. The van der Waals surface area contributed by atoms with Crippen LogP contribution in [0.4, 0.5) is 13.2 Å². The van der Waals surface area contributed by atoms with Crippen molar-refractivity contribution in [2.75, 3.05) is 0 Å². The van der Waals surface area contributed by atoms with Gasteiger partial charge >= 0.3 is 6.18 Å². The largest absolute Gasteiger partial charge is 0.416 e. The van der Waals surface area contributed by atoms with Crippen LogP contribution in [0.2, 0.25) is 0 Å². The van der Waals surface area contributed by atoms with Crippen molar-refractivity contribution >= 4 is 0 Å². The SMILES string of the molecule is C#Cc1cc(-c2ccc(C(F)(F)F)cc2C2CC2)n[nH]1. The van der Waals surface area contributed by atoms with Crippen molar-refractivity contribution in [3.05, 3.63) is 41.1 Å². The molecular weight excluding hydrogens is 265 g/mol. The van der Waals surface area contributed by atoms with Gasteiger partial charge in [0.25, 0.3) is 0 Å². The van der Waals surface area contributed by atoms with Gasteiger partial charge in [-0.1, -0.05) is 12.0 Å². The van der Waals surface area contributed by atoms with E-state index in [1.807, 2.05) is 0 Å². The lowest BCUT2D eigenvalue weighted by Gasteiger charge is -2.12. The Morgan fingerprint density at radius 2 is 2.00 bits per heavy atom. The van der Waals surface area contributed by atoms with Gasteiger partial charge in [-0.05, 0) is 42.5 Å². The van der Waals surface area contributed by atoms with Crippen molar-refractivity contribution in [2.45, 2.75) is 24.9 Å². The number of hydrogen-bond acceptors (Lipinski definition) is 1. The van der Waals surface area contributed by atoms with Crippen molar-refractivity contribution in [3.63, 3.8) is 0 Å². The Labute approximate surface area is 114 Å². The van der Waals surface area contributed by atoms with Gasteiger partial charge in [0.15, 0.2) is 0 Å². The van der Waals surface area contributed by atoms with E-state index in [9.17, 15) is 13.2 Å². The highest BCUT2D eigenvalue weighted by Gasteiger charge is 2.34. The summed E-state index contributed by atoms with van der Waals surface area (Å²) in [5.74, 6) is 2.61. The molecule has 2 nitrogen and oxygen atoms in total. The summed E-state index contributed by atoms with van der Waals surface area (Å²) in [6.07, 6.45) is 2.78. The van der Waals surface area contributed by atoms with Crippen LogP contribution in [0.3, 0.4) is 0 Å². The molecule has 1 N–H and O–H groups in total. The standard InChI is InChI=1S/C15H11F3N2/c1-2-11-8-14(20-19-11)12-6-5-10(15(16,17)18)7-13(12)9-3-4-9/h1,5-9H,3-4H2,(H,19,20). The van der Waals surface area contributed by atoms with Crippen molar-refractivity contribution in [2.24, 2.45) is 0 Å². The Kier molecular flexibility index (Phi) is 2.82. The molecule has 3 rings (SSSR count). The van der Waals surface area contributed by atoms with E-state index in [2.05, 4.69) is 16.1 Å². The highest BCUT2D eigenvalue weighted by Crippen LogP contribution is 2.46. The quantitative estimate of drug-likeness (QED) is 0.826. The Morgan fingerprint density at radius 1 is 1.25 bits per heavy atom. The normalized spacial score (nSPS) is 15.1. The molecule has 0 atom stereocenters. The lowest BCUT2D eigenvalue weighted by molar-refractivity contribution is -0.137. The summed E-state index contributed by atoms with van der Waals surface area (Å²) in [7, 11) is 0. The zero-order valence-electron chi connectivity index (χ0n) is 10.5.